The van der Waals surface area contributed by atoms with E-state index in [2.05, 4.69) is 49.4 Å². The topological polar surface area (TPSA) is 88.4 Å². The maximum absolute atomic E-state index is 12.9. The molecule has 2 aromatic rings. The number of carbonyl (C=O) groups excluding carboxylic acids is 1. The molecule has 1 N–H and O–H groups in total. The quantitative estimate of drug-likeness (QED) is 0.819. The number of rotatable bonds is 4. The number of likely N-dealkylation sites (tertiary alicyclic amines) is 2. The van der Waals surface area contributed by atoms with Crippen molar-refractivity contribution in [3.63, 3.8) is 0 Å². The fourth-order valence-corrected chi connectivity index (χ4v) is 5.02. The second-order valence-corrected chi connectivity index (χ2v) is 8.72. The van der Waals surface area contributed by atoms with Gasteiger partial charge in [0.25, 0.3) is 0 Å². The summed E-state index contributed by atoms with van der Waals surface area (Å²) in [6.45, 7) is 4.45. The fraction of sp³-hybridized carbons (Fsp3) is 0.478. The van der Waals surface area contributed by atoms with Gasteiger partial charge >= 0.3 is 6.03 Å². The van der Waals surface area contributed by atoms with Crippen molar-refractivity contribution in [2.24, 2.45) is 0 Å². The molecule has 2 bridgehead atoms. The minimum Gasteiger partial charge on any atom is -0.335 e. The van der Waals surface area contributed by atoms with Gasteiger partial charge in [-0.25, -0.2) is 14.8 Å². The molecule has 1 aromatic carbocycles. The van der Waals surface area contributed by atoms with Crippen LogP contribution in [0.5, 0.6) is 0 Å². The summed E-state index contributed by atoms with van der Waals surface area (Å²) < 4.78 is 0. The van der Waals surface area contributed by atoms with Gasteiger partial charge in [-0.1, -0.05) is 30.3 Å². The normalized spacial score (nSPS) is 23.7. The number of nitriles is 1. The predicted molar refractivity (Wildman–Crippen MR) is 116 cm³/mol. The van der Waals surface area contributed by atoms with Crippen molar-refractivity contribution >= 4 is 12.0 Å². The Bertz CT molecular complexity index is 950. The summed E-state index contributed by atoms with van der Waals surface area (Å²) in [5.74, 6) is 0.650. The molecule has 1 aromatic heterocycles. The zero-order chi connectivity index (χ0) is 21.2. The maximum Gasteiger partial charge on any atom is 0.318 e. The van der Waals surface area contributed by atoms with E-state index in [1.807, 2.05) is 17.0 Å². The first-order valence-electron chi connectivity index (χ1n) is 11.0. The van der Waals surface area contributed by atoms with Crippen molar-refractivity contribution in [1.82, 2.24) is 25.1 Å². The van der Waals surface area contributed by atoms with Gasteiger partial charge in [0.05, 0.1) is 30.0 Å². The Kier molecular flexibility index (Phi) is 5.43. The molecule has 0 spiro atoms. The molecule has 0 radical (unpaired) electrons. The summed E-state index contributed by atoms with van der Waals surface area (Å²) in [6, 6.07) is 13.4. The highest BCUT2D eigenvalue weighted by Gasteiger charge is 2.46. The van der Waals surface area contributed by atoms with Gasteiger partial charge in [0.1, 0.15) is 6.07 Å². The van der Waals surface area contributed by atoms with E-state index in [0.29, 0.717) is 18.1 Å². The number of amides is 2. The molecule has 5 rings (SSSR count). The molecule has 2 atom stereocenters. The molecular formula is C23H27N7O. The van der Waals surface area contributed by atoms with Gasteiger partial charge in [-0.05, 0) is 24.8 Å². The first kappa shape index (κ1) is 19.8. The summed E-state index contributed by atoms with van der Waals surface area (Å²) in [5.41, 5.74) is 1.80. The maximum atomic E-state index is 12.9. The van der Waals surface area contributed by atoms with Crippen LogP contribution in [0.4, 0.5) is 10.7 Å². The lowest BCUT2D eigenvalue weighted by Gasteiger charge is -2.37. The number of aromatic nitrogens is 2. The highest BCUT2D eigenvalue weighted by molar-refractivity contribution is 5.76. The van der Waals surface area contributed by atoms with Gasteiger partial charge < -0.3 is 15.1 Å². The van der Waals surface area contributed by atoms with Crippen molar-refractivity contribution in [3.8, 4) is 6.07 Å². The molecule has 31 heavy (non-hydrogen) atoms. The summed E-state index contributed by atoms with van der Waals surface area (Å²) >= 11 is 0. The average molecular weight is 418 g/mol. The second kappa shape index (κ2) is 8.52. The molecule has 4 heterocycles. The number of anilines is 1. The number of urea groups is 1. The summed E-state index contributed by atoms with van der Waals surface area (Å²) in [7, 11) is 0. The van der Waals surface area contributed by atoms with Crippen LogP contribution in [0.15, 0.2) is 42.7 Å². The van der Waals surface area contributed by atoms with E-state index in [9.17, 15) is 4.79 Å². The van der Waals surface area contributed by atoms with E-state index in [-0.39, 0.29) is 24.2 Å². The van der Waals surface area contributed by atoms with E-state index >= 15 is 0 Å². The molecule has 0 saturated carbocycles. The highest BCUT2D eigenvalue weighted by atomic mass is 16.2. The third-order valence-corrected chi connectivity index (χ3v) is 6.69. The van der Waals surface area contributed by atoms with Crippen LogP contribution in [0.2, 0.25) is 0 Å². The van der Waals surface area contributed by atoms with E-state index < -0.39 is 0 Å². The van der Waals surface area contributed by atoms with Crippen LogP contribution >= 0.6 is 0 Å². The Labute approximate surface area is 182 Å². The predicted octanol–water partition coefficient (Wildman–Crippen LogP) is 1.99. The van der Waals surface area contributed by atoms with E-state index in [1.54, 1.807) is 12.4 Å². The first-order valence-corrected chi connectivity index (χ1v) is 11.0. The zero-order valence-electron chi connectivity index (χ0n) is 17.5. The highest BCUT2D eigenvalue weighted by Crippen LogP contribution is 2.33. The van der Waals surface area contributed by atoms with E-state index in [0.717, 1.165) is 45.4 Å². The van der Waals surface area contributed by atoms with Crippen LogP contribution in [0, 0.1) is 11.3 Å². The lowest BCUT2D eigenvalue weighted by atomic mass is 10.0. The lowest BCUT2D eigenvalue weighted by molar-refractivity contribution is 0.163. The molecule has 3 saturated heterocycles. The molecule has 0 aliphatic carbocycles. The third-order valence-electron chi connectivity index (χ3n) is 6.69. The molecule has 3 aliphatic rings. The monoisotopic (exact) mass is 417 g/mol. The summed E-state index contributed by atoms with van der Waals surface area (Å²) in [5, 5.41) is 12.2. The number of piperazine rings is 1. The summed E-state index contributed by atoms with van der Waals surface area (Å²) in [6.07, 6.45) is 6.05. The van der Waals surface area contributed by atoms with Crippen molar-refractivity contribution in [3.05, 3.63) is 53.9 Å². The molecule has 160 valence electrons. The smallest absolute Gasteiger partial charge is 0.318 e. The minimum absolute atomic E-state index is 0.0643. The standard InChI is InChI=1S/C23H27N7O/c24-11-18-12-25-22(26-13-18)29-15-21-10-20(29)16-30(21)23(31)27-19-6-8-28(9-7-19)14-17-4-2-1-3-5-17/h1-5,12-13,19-21H,6-10,14-16H2,(H,27,31)/t20-,21-/m0/s1. The third kappa shape index (κ3) is 4.19. The lowest BCUT2D eigenvalue weighted by Crippen LogP contribution is -2.55. The average Bonchev–Trinajstić information content (AvgIpc) is 3.42. The van der Waals surface area contributed by atoms with Crippen molar-refractivity contribution in [2.45, 2.75) is 43.9 Å². The number of benzene rings is 1. The van der Waals surface area contributed by atoms with E-state index in [4.69, 9.17) is 5.26 Å². The molecule has 3 aliphatic heterocycles. The van der Waals surface area contributed by atoms with Crippen molar-refractivity contribution < 1.29 is 4.79 Å². The zero-order valence-corrected chi connectivity index (χ0v) is 17.5. The van der Waals surface area contributed by atoms with Gasteiger partial charge in [0, 0.05) is 38.8 Å². The second-order valence-electron chi connectivity index (χ2n) is 8.72. The molecule has 8 heteroatoms. The SMILES string of the molecule is N#Cc1cnc(N2C[C@@H]3C[C@H]2CN3C(=O)NC2CCN(Cc3ccccc3)CC2)nc1. The number of carbonyl (C=O) groups is 1. The van der Waals surface area contributed by atoms with Crippen LogP contribution in [0.1, 0.15) is 30.4 Å². The van der Waals surface area contributed by atoms with Crippen LogP contribution in [0.3, 0.4) is 0 Å². The Morgan fingerprint density at radius 1 is 1.10 bits per heavy atom. The van der Waals surface area contributed by atoms with Crippen LogP contribution < -0.4 is 10.2 Å². The summed E-state index contributed by atoms with van der Waals surface area (Å²) in [4.78, 5) is 28.2. The first-order chi connectivity index (χ1) is 15.2. The van der Waals surface area contributed by atoms with Gasteiger partial charge in [0.2, 0.25) is 5.95 Å². The van der Waals surface area contributed by atoms with Crippen molar-refractivity contribution in [2.75, 3.05) is 31.1 Å². The number of fused-ring (bicyclic) bond motifs is 2. The van der Waals surface area contributed by atoms with Gasteiger partial charge in [-0.2, -0.15) is 5.26 Å². The van der Waals surface area contributed by atoms with Gasteiger partial charge in [0.15, 0.2) is 0 Å². The largest absolute Gasteiger partial charge is 0.335 e. The van der Waals surface area contributed by atoms with Gasteiger partial charge in [-0.3, -0.25) is 4.90 Å². The number of hydrogen-bond donors (Lipinski definition) is 1. The van der Waals surface area contributed by atoms with Crippen LogP contribution in [-0.2, 0) is 6.54 Å². The van der Waals surface area contributed by atoms with Crippen molar-refractivity contribution in [1.29, 1.82) is 5.26 Å². The Balaban J connectivity index is 1.10. The fourth-order valence-electron chi connectivity index (χ4n) is 5.02. The Hall–Kier alpha value is -3.18. The van der Waals surface area contributed by atoms with E-state index in [1.165, 1.54) is 5.56 Å². The molecular weight excluding hydrogens is 390 g/mol. The Morgan fingerprint density at radius 3 is 2.48 bits per heavy atom. The number of hydrogen-bond acceptors (Lipinski definition) is 6. The van der Waals surface area contributed by atoms with Gasteiger partial charge in [-0.15, -0.1) is 0 Å². The minimum atomic E-state index is 0.0643. The number of nitrogens with one attached hydrogen (secondary N) is 1. The molecule has 0 unspecified atom stereocenters. The Morgan fingerprint density at radius 2 is 1.84 bits per heavy atom. The molecule has 3 fully saturated rings. The van der Waals surface area contributed by atoms with Crippen LogP contribution in [-0.4, -0.2) is 70.1 Å². The number of piperidine rings is 1. The molecule has 2 amide bonds. The molecule has 8 nitrogen and oxygen atoms in total. The number of nitrogens with zero attached hydrogens (tertiary/aromatic N) is 6. The van der Waals surface area contributed by atoms with Crippen LogP contribution in [0.25, 0.3) is 0 Å².